The fourth-order valence-electron chi connectivity index (χ4n) is 0. The Bertz CT molecular complexity index is 73.0. The third kappa shape index (κ3) is 18.5. The van der Waals surface area contributed by atoms with Crippen molar-refractivity contribution in [1.29, 1.82) is 0 Å². The standard InChI is InChI=1S/Ni.H2O3PS.Pd/c;1-5(2)3-4;/h;4H2;/q;-1;. The van der Waals surface area contributed by atoms with Gasteiger partial charge in [-0.05, 0) is 9.47 Å². The molecule has 7 heavy (non-hydrogen) atoms. The van der Waals surface area contributed by atoms with E-state index in [1.807, 2.05) is 0 Å². The van der Waals surface area contributed by atoms with Crippen LogP contribution in [0.1, 0.15) is 0 Å². The Labute approximate surface area is 69.6 Å². The molecule has 0 aliphatic heterocycles. The summed E-state index contributed by atoms with van der Waals surface area (Å²) in [6.45, 7) is 0. The van der Waals surface area contributed by atoms with E-state index < -0.39 is 11.0 Å². The van der Waals surface area contributed by atoms with Crippen LogP contribution in [0, 0.1) is 0 Å². The maximum Gasteiger partial charge on any atom is 0.0548 e. The quantitative estimate of drug-likeness (QED) is 0.385. The minimum Gasteiger partial charge on any atom is -0.406 e. The van der Waals surface area contributed by atoms with Crippen LogP contribution in [-0.2, 0) is 60.3 Å². The summed E-state index contributed by atoms with van der Waals surface area (Å²) in [7, 11) is -0.778. The average molecular weight is 278 g/mol. The largest absolute Gasteiger partial charge is 0.406 e. The Hall–Kier alpha value is 1.50. The SMILES string of the molecule is O=[S-](=O)OP.[Ni].[Pd]. The summed E-state index contributed by atoms with van der Waals surface area (Å²) < 4.78 is 21.8. The van der Waals surface area contributed by atoms with Crippen molar-refractivity contribution >= 4 is 20.5 Å². The first-order chi connectivity index (χ1) is 2.27. The van der Waals surface area contributed by atoms with Crippen molar-refractivity contribution in [3.63, 3.8) is 0 Å². The second-order valence-corrected chi connectivity index (χ2v) is 1.48. The van der Waals surface area contributed by atoms with Crippen LogP contribution in [0.2, 0.25) is 0 Å². The molecule has 0 aromatic rings. The first-order valence-electron chi connectivity index (χ1n) is 0.736. The van der Waals surface area contributed by atoms with Crippen molar-refractivity contribution < 1.29 is 49.3 Å². The molecule has 0 aliphatic rings. The zero-order valence-electron chi connectivity index (χ0n) is 2.84. The predicted octanol–water partition coefficient (Wildman–Crippen LogP) is 0.0124. The van der Waals surface area contributed by atoms with E-state index in [-0.39, 0.29) is 36.9 Å². The van der Waals surface area contributed by atoms with E-state index in [2.05, 4.69) is 3.97 Å². The summed E-state index contributed by atoms with van der Waals surface area (Å²) in [5, 5.41) is 0. The predicted molar refractivity (Wildman–Crippen MR) is 19.5 cm³/mol. The van der Waals surface area contributed by atoms with Crippen LogP contribution in [0.15, 0.2) is 0 Å². The normalized spacial score (nSPS) is 6.57. The van der Waals surface area contributed by atoms with Crippen LogP contribution in [-0.4, -0.2) is 0 Å². The van der Waals surface area contributed by atoms with Crippen LogP contribution >= 0.6 is 9.47 Å². The van der Waals surface area contributed by atoms with Gasteiger partial charge in [0.15, 0.2) is 0 Å². The van der Waals surface area contributed by atoms with E-state index in [0.717, 1.165) is 0 Å². The third-order valence-electron chi connectivity index (χ3n) is 0.0786. The minimum atomic E-state index is -2.36. The van der Waals surface area contributed by atoms with Gasteiger partial charge < -0.3 is 12.4 Å². The molecule has 52 valence electrons. The Balaban J connectivity index is -0.0000000800. The third-order valence-corrected chi connectivity index (χ3v) is 0.707. The minimum absolute atomic E-state index is 0. The van der Waals surface area contributed by atoms with Gasteiger partial charge in [0.1, 0.15) is 0 Å². The van der Waals surface area contributed by atoms with Gasteiger partial charge in [-0.2, -0.15) is 0 Å². The molecule has 0 aromatic carbocycles. The van der Waals surface area contributed by atoms with E-state index >= 15 is 0 Å². The molecule has 0 saturated heterocycles. The van der Waals surface area contributed by atoms with Crippen LogP contribution in [0.5, 0.6) is 0 Å². The van der Waals surface area contributed by atoms with Gasteiger partial charge in [-0.25, -0.2) is 0 Å². The molecule has 0 aliphatic carbocycles. The summed E-state index contributed by atoms with van der Waals surface area (Å²) in [5.74, 6) is 0. The topological polar surface area (TPSA) is 43.4 Å². The van der Waals surface area contributed by atoms with Crippen molar-refractivity contribution in [3.05, 3.63) is 0 Å². The summed E-state index contributed by atoms with van der Waals surface area (Å²) in [4.78, 5) is 0. The Morgan fingerprint density at radius 1 is 1.43 bits per heavy atom. The van der Waals surface area contributed by atoms with Crippen molar-refractivity contribution in [3.8, 4) is 0 Å². The van der Waals surface area contributed by atoms with E-state index in [1.165, 1.54) is 0 Å². The molecular formula is H2NiO3PPdS-. The van der Waals surface area contributed by atoms with Crippen molar-refractivity contribution in [2.75, 3.05) is 0 Å². The maximum absolute atomic E-state index is 9.12. The molecular weight excluding hydrogens is 276 g/mol. The summed E-state index contributed by atoms with van der Waals surface area (Å²) in [5.41, 5.74) is 0. The number of hydrogen-bond donors (Lipinski definition) is 0. The van der Waals surface area contributed by atoms with Gasteiger partial charge in [0.05, 0.1) is 11.0 Å². The molecule has 7 heteroatoms. The average Bonchev–Trinajstić information content (AvgIpc) is 1.38. The smallest absolute Gasteiger partial charge is 0.0548 e. The monoisotopic (exact) mass is 277 g/mol. The fraction of sp³-hybridized carbons (Fsp3) is 0. The van der Waals surface area contributed by atoms with Gasteiger partial charge >= 0.3 is 0 Å². The second kappa shape index (κ2) is 10.5. The number of rotatable bonds is 1. The van der Waals surface area contributed by atoms with Crippen LogP contribution in [0.25, 0.3) is 0 Å². The fourth-order valence-corrected chi connectivity index (χ4v) is 0. The molecule has 0 N–H and O–H groups in total. The first-order valence-corrected chi connectivity index (χ1v) is 2.21. The first kappa shape index (κ1) is 15.8. The summed E-state index contributed by atoms with van der Waals surface area (Å²) in [6, 6.07) is 0. The molecule has 0 fully saturated rings. The molecule has 0 amide bonds. The van der Waals surface area contributed by atoms with Crippen molar-refractivity contribution in [2.45, 2.75) is 0 Å². The van der Waals surface area contributed by atoms with Gasteiger partial charge in [-0.1, -0.05) is 0 Å². The molecule has 0 bridgehead atoms. The molecule has 1 atom stereocenters. The Morgan fingerprint density at radius 3 is 1.57 bits per heavy atom. The summed E-state index contributed by atoms with van der Waals surface area (Å²) >= 11 is 0. The van der Waals surface area contributed by atoms with Gasteiger partial charge in [0.25, 0.3) is 0 Å². The van der Waals surface area contributed by atoms with Crippen molar-refractivity contribution in [1.82, 2.24) is 0 Å². The Morgan fingerprint density at radius 2 is 1.57 bits per heavy atom. The number of hydrogen-bond acceptors (Lipinski definition) is 4. The van der Waals surface area contributed by atoms with Gasteiger partial charge in [0, 0.05) is 36.9 Å². The van der Waals surface area contributed by atoms with Crippen LogP contribution in [0.4, 0.5) is 0 Å². The molecule has 0 radical (unpaired) electrons. The maximum atomic E-state index is 9.12. The zero-order valence-corrected chi connectivity index (χ0v) is 7.36. The zero-order chi connectivity index (χ0) is 4.28. The van der Waals surface area contributed by atoms with Gasteiger partial charge in [0.2, 0.25) is 0 Å². The molecule has 0 aromatic heterocycles. The van der Waals surface area contributed by atoms with E-state index in [1.54, 1.807) is 9.47 Å². The van der Waals surface area contributed by atoms with E-state index in [0.29, 0.717) is 0 Å². The molecule has 0 heterocycles. The molecule has 3 nitrogen and oxygen atoms in total. The molecule has 0 spiro atoms. The summed E-state index contributed by atoms with van der Waals surface area (Å²) in [6.07, 6.45) is 0. The Kier molecular flexibility index (Phi) is 23.6. The van der Waals surface area contributed by atoms with Crippen LogP contribution < -0.4 is 0 Å². The van der Waals surface area contributed by atoms with Gasteiger partial charge in [-0.3, -0.25) is 0 Å². The van der Waals surface area contributed by atoms with E-state index in [4.69, 9.17) is 8.42 Å². The van der Waals surface area contributed by atoms with Crippen LogP contribution in [0.3, 0.4) is 0 Å². The van der Waals surface area contributed by atoms with E-state index in [9.17, 15) is 0 Å². The molecule has 0 rings (SSSR count). The molecule has 0 saturated carbocycles. The second-order valence-electron chi connectivity index (χ2n) is 0.300. The van der Waals surface area contributed by atoms with Gasteiger partial charge in [-0.15, -0.1) is 0 Å². The molecule has 1 unspecified atom stereocenters. The van der Waals surface area contributed by atoms with Crippen molar-refractivity contribution in [2.24, 2.45) is 0 Å².